The zero-order valence-electron chi connectivity index (χ0n) is 15.6. The van der Waals surface area contributed by atoms with Crippen LogP contribution in [0.4, 0.5) is 6.01 Å². The molecule has 0 bridgehead atoms. The fourth-order valence-electron chi connectivity index (χ4n) is 3.55. The molecular weight excluding hydrogens is 338 g/mol. The first-order chi connectivity index (χ1) is 13.2. The number of hydrogen-bond donors (Lipinski definition) is 1. The van der Waals surface area contributed by atoms with Crippen LogP contribution in [-0.4, -0.2) is 24.0 Å². The van der Waals surface area contributed by atoms with Gasteiger partial charge in [0.15, 0.2) is 5.58 Å². The number of para-hydroxylation sites is 2. The predicted octanol–water partition coefficient (Wildman–Crippen LogP) is 3.92. The standard InChI is InChI=1S/C22H25N3O2/c1-2-16-7-9-17(10-8-16)15-23-21(26)18-11-13-25(14-12-18)22-24-19-5-3-4-6-20(19)27-22/h3-10,18H,2,11-15H2,1H3,(H,23,26). The van der Waals surface area contributed by atoms with Gasteiger partial charge in [-0.1, -0.05) is 43.3 Å². The van der Waals surface area contributed by atoms with Gasteiger partial charge in [-0.05, 0) is 42.5 Å². The Hall–Kier alpha value is -2.82. The Bertz CT molecular complexity index is 876. The zero-order valence-corrected chi connectivity index (χ0v) is 15.6. The van der Waals surface area contributed by atoms with Crippen molar-refractivity contribution in [3.8, 4) is 0 Å². The third-order valence-corrected chi connectivity index (χ3v) is 5.32. The molecule has 1 saturated heterocycles. The molecule has 0 radical (unpaired) electrons. The lowest BCUT2D eigenvalue weighted by molar-refractivity contribution is -0.125. The first-order valence-corrected chi connectivity index (χ1v) is 9.69. The Balaban J connectivity index is 1.29. The maximum absolute atomic E-state index is 12.5. The van der Waals surface area contributed by atoms with E-state index in [1.807, 2.05) is 24.3 Å². The number of amides is 1. The number of carbonyl (C=O) groups is 1. The number of aryl methyl sites for hydroxylation is 1. The summed E-state index contributed by atoms with van der Waals surface area (Å²) in [4.78, 5) is 19.2. The van der Waals surface area contributed by atoms with E-state index < -0.39 is 0 Å². The largest absolute Gasteiger partial charge is 0.423 e. The number of benzene rings is 2. The summed E-state index contributed by atoms with van der Waals surface area (Å²) in [5, 5.41) is 3.09. The van der Waals surface area contributed by atoms with Crippen molar-refractivity contribution in [1.82, 2.24) is 10.3 Å². The predicted molar refractivity (Wildman–Crippen MR) is 107 cm³/mol. The van der Waals surface area contributed by atoms with E-state index >= 15 is 0 Å². The first-order valence-electron chi connectivity index (χ1n) is 9.69. The topological polar surface area (TPSA) is 58.4 Å². The summed E-state index contributed by atoms with van der Waals surface area (Å²) in [7, 11) is 0. The van der Waals surface area contributed by atoms with Crippen LogP contribution in [0.2, 0.25) is 0 Å². The summed E-state index contributed by atoms with van der Waals surface area (Å²) in [6.45, 7) is 4.31. The molecule has 5 nitrogen and oxygen atoms in total. The fourth-order valence-corrected chi connectivity index (χ4v) is 3.55. The van der Waals surface area contributed by atoms with Crippen molar-refractivity contribution < 1.29 is 9.21 Å². The highest BCUT2D eigenvalue weighted by atomic mass is 16.4. The molecule has 5 heteroatoms. The van der Waals surface area contributed by atoms with Crippen LogP contribution in [0.15, 0.2) is 52.9 Å². The van der Waals surface area contributed by atoms with Crippen molar-refractivity contribution >= 4 is 23.0 Å². The van der Waals surface area contributed by atoms with Gasteiger partial charge < -0.3 is 14.6 Å². The van der Waals surface area contributed by atoms with E-state index in [-0.39, 0.29) is 11.8 Å². The Kier molecular flexibility index (Phi) is 5.10. The number of hydrogen-bond acceptors (Lipinski definition) is 4. The molecule has 0 spiro atoms. The van der Waals surface area contributed by atoms with E-state index in [0.29, 0.717) is 12.6 Å². The highest BCUT2D eigenvalue weighted by molar-refractivity contribution is 5.79. The van der Waals surface area contributed by atoms with Crippen LogP contribution in [0.3, 0.4) is 0 Å². The lowest BCUT2D eigenvalue weighted by Crippen LogP contribution is -2.40. The van der Waals surface area contributed by atoms with Gasteiger partial charge in [0.25, 0.3) is 6.01 Å². The monoisotopic (exact) mass is 363 g/mol. The summed E-state index contributed by atoms with van der Waals surface area (Å²) in [5.41, 5.74) is 4.14. The van der Waals surface area contributed by atoms with Gasteiger partial charge in [0.05, 0.1) is 0 Å². The van der Waals surface area contributed by atoms with E-state index in [1.54, 1.807) is 0 Å². The van der Waals surface area contributed by atoms with Crippen LogP contribution in [0.1, 0.15) is 30.9 Å². The fraction of sp³-hybridized carbons (Fsp3) is 0.364. The Morgan fingerprint density at radius 1 is 1.11 bits per heavy atom. The lowest BCUT2D eigenvalue weighted by Gasteiger charge is -2.30. The van der Waals surface area contributed by atoms with Gasteiger partial charge in [0.2, 0.25) is 5.91 Å². The van der Waals surface area contributed by atoms with Gasteiger partial charge in [0.1, 0.15) is 5.52 Å². The quantitative estimate of drug-likeness (QED) is 0.746. The number of carbonyl (C=O) groups excluding carboxylic acids is 1. The van der Waals surface area contributed by atoms with E-state index in [2.05, 4.69) is 46.4 Å². The van der Waals surface area contributed by atoms with E-state index in [1.165, 1.54) is 5.56 Å². The number of anilines is 1. The second kappa shape index (κ2) is 7.82. The van der Waals surface area contributed by atoms with E-state index in [9.17, 15) is 4.79 Å². The molecule has 3 aromatic rings. The van der Waals surface area contributed by atoms with Gasteiger partial charge in [-0.2, -0.15) is 4.98 Å². The third-order valence-electron chi connectivity index (χ3n) is 5.32. The minimum atomic E-state index is 0.0561. The van der Waals surface area contributed by atoms with Crippen molar-refractivity contribution in [1.29, 1.82) is 0 Å². The molecule has 2 heterocycles. The molecule has 1 N–H and O–H groups in total. The number of rotatable bonds is 5. The number of nitrogens with zero attached hydrogens (tertiary/aromatic N) is 2. The SMILES string of the molecule is CCc1ccc(CNC(=O)C2CCN(c3nc4ccccc4o3)CC2)cc1. The molecule has 0 saturated carbocycles. The summed E-state index contributed by atoms with van der Waals surface area (Å²) in [5.74, 6) is 0.201. The lowest BCUT2D eigenvalue weighted by atomic mass is 9.96. The number of oxazole rings is 1. The molecule has 1 aliphatic heterocycles. The summed E-state index contributed by atoms with van der Waals surface area (Å²) in [6.07, 6.45) is 2.67. The van der Waals surface area contributed by atoms with Crippen LogP contribution >= 0.6 is 0 Å². The van der Waals surface area contributed by atoms with Crippen molar-refractivity contribution in [2.24, 2.45) is 5.92 Å². The van der Waals surface area contributed by atoms with Crippen LogP contribution in [0.5, 0.6) is 0 Å². The second-order valence-electron chi connectivity index (χ2n) is 7.11. The number of fused-ring (bicyclic) bond motifs is 1. The number of nitrogens with one attached hydrogen (secondary N) is 1. The Morgan fingerprint density at radius 3 is 2.52 bits per heavy atom. The first kappa shape index (κ1) is 17.6. The second-order valence-corrected chi connectivity index (χ2v) is 7.11. The molecule has 1 aromatic heterocycles. The van der Waals surface area contributed by atoms with Crippen LogP contribution in [-0.2, 0) is 17.8 Å². The van der Waals surface area contributed by atoms with Crippen LogP contribution < -0.4 is 10.2 Å². The van der Waals surface area contributed by atoms with E-state index in [4.69, 9.17) is 4.42 Å². The highest BCUT2D eigenvalue weighted by Crippen LogP contribution is 2.26. The maximum atomic E-state index is 12.5. The van der Waals surface area contributed by atoms with E-state index in [0.717, 1.165) is 49.0 Å². The molecule has 2 aromatic carbocycles. The molecule has 1 aliphatic rings. The van der Waals surface area contributed by atoms with Crippen LogP contribution in [0, 0.1) is 5.92 Å². The van der Waals surface area contributed by atoms with Gasteiger partial charge in [0, 0.05) is 25.6 Å². The third kappa shape index (κ3) is 3.97. The van der Waals surface area contributed by atoms with Gasteiger partial charge in [-0.25, -0.2) is 0 Å². The maximum Gasteiger partial charge on any atom is 0.298 e. The molecule has 0 aliphatic carbocycles. The minimum Gasteiger partial charge on any atom is -0.423 e. The average Bonchev–Trinajstić information content (AvgIpc) is 3.17. The molecular formula is C22H25N3O2. The molecule has 0 atom stereocenters. The average molecular weight is 363 g/mol. The molecule has 27 heavy (non-hydrogen) atoms. The zero-order chi connectivity index (χ0) is 18.6. The molecule has 4 rings (SSSR count). The van der Waals surface area contributed by atoms with Gasteiger partial charge >= 0.3 is 0 Å². The summed E-state index contributed by atoms with van der Waals surface area (Å²) in [6, 6.07) is 16.9. The molecule has 0 unspecified atom stereocenters. The van der Waals surface area contributed by atoms with Crippen molar-refractivity contribution in [2.75, 3.05) is 18.0 Å². The van der Waals surface area contributed by atoms with Crippen LogP contribution in [0.25, 0.3) is 11.1 Å². The normalized spacial score (nSPS) is 15.2. The number of aromatic nitrogens is 1. The van der Waals surface area contributed by atoms with Gasteiger partial charge in [-0.15, -0.1) is 0 Å². The number of piperidine rings is 1. The summed E-state index contributed by atoms with van der Waals surface area (Å²) < 4.78 is 5.84. The summed E-state index contributed by atoms with van der Waals surface area (Å²) >= 11 is 0. The smallest absolute Gasteiger partial charge is 0.298 e. The van der Waals surface area contributed by atoms with Gasteiger partial charge in [-0.3, -0.25) is 4.79 Å². The van der Waals surface area contributed by atoms with Crippen molar-refractivity contribution in [3.63, 3.8) is 0 Å². The molecule has 140 valence electrons. The Labute approximate surface area is 159 Å². The molecule has 1 fully saturated rings. The van der Waals surface area contributed by atoms with Crippen molar-refractivity contribution in [2.45, 2.75) is 32.7 Å². The van der Waals surface area contributed by atoms with Crippen molar-refractivity contribution in [3.05, 3.63) is 59.7 Å². The molecule has 1 amide bonds. The Morgan fingerprint density at radius 2 is 1.81 bits per heavy atom. The minimum absolute atomic E-state index is 0.0561. The highest BCUT2D eigenvalue weighted by Gasteiger charge is 2.27.